The van der Waals surface area contributed by atoms with Crippen LogP contribution in [0.4, 0.5) is 4.39 Å². The van der Waals surface area contributed by atoms with E-state index in [1.807, 2.05) is 6.92 Å². The molecule has 1 amide bonds. The number of rotatable bonds is 8. The van der Waals surface area contributed by atoms with E-state index in [1.165, 1.54) is 12.1 Å². The molecule has 0 saturated carbocycles. The van der Waals surface area contributed by atoms with Crippen molar-refractivity contribution in [2.45, 2.75) is 26.7 Å². The van der Waals surface area contributed by atoms with E-state index in [4.69, 9.17) is 10.5 Å². The standard InChI is InChI=1S/C21H20FN3O5.Na/c1-3-14-15(8-12-4-6-13(22)7-5-12)25-9-11(2)24-21(30-10-16(26)27)18(25)17(14)19(28)20(23)29;/h4-7,9H,3,8,10H2,1-2H3,(H2,23,29)(H,26,27);/q;+1/p-1. The summed E-state index contributed by atoms with van der Waals surface area (Å²) in [6.07, 6.45) is 2.35. The van der Waals surface area contributed by atoms with Crippen LogP contribution in [0.15, 0.2) is 30.5 Å². The molecule has 1 aromatic carbocycles. The Morgan fingerprint density at radius 1 is 1.23 bits per heavy atom. The smallest absolute Gasteiger partial charge is 0.546 e. The van der Waals surface area contributed by atoms with Gasteiger partial charge in [-0.05, 0) is 36.6 Å². The summed E-state index contributed by atoms with van der Waals surface area (Å²) in [5, 5.41) is 10.9. The van der Waals surface area contributed by atoms with E-state index in [0.29, 0.717) is 29.8 Å². The Morgan fingerprint density at radius 3 is 2.42 bits per heavy atom. The van der Waals surface area contributed by atoms with E-state index in [2.05, 4.69) is 4.98 Å². The number of fused-ring (bicyclic) bond motifs is 1. The molecule has 0 fully saturated rings. The van der Waals surface area contributed by atoms with Gasteiger partial charge in [0.1, 0.15) is 17.9 Å². The summed E-state index contributed by atoms with van der Waals surface area (Å²) < 4.78 is 20.2. The zero-order valence-electron chi connectivity index (χ0n) is 17.4. The van der Waals surface area contributed by atoms with Crippen molar-refractivity contribution >= 4 is 23.2 Å². The third kappa shape index (κ3) is 5.12. The van der Waals surface area contributed by atoms with Crippen molar-refractivity contribution in [1.82, 2.24) is 9.38 Å². The number of primary amides is 1. The number of aromatic nitrogens is 2. The van der Waals surface area contributed by atoms with Crippen LogP contribution in [-0.4, -0.2) is 33.7 Å². The number of carbonyl (C=O) groups is 3. The predicted octanol–water partition coefficient (Wildman–Crippen LogP) is -2.26. The van der Waals surface area contributed by atoms with Gasteiger partial charge in [0.05, 0.1) is 17.2 Å². The number of benzene rings is 1. The Kier molecular flexibility index (Phi) is 7.94. The molecule has 8 nitrogen and oxygen atoms in total. The molecular weight excluding hydrogens is 416 g/mol. The van der Waals surface area contributed by atoms with E-state index in [1.54, 1.807) is 29.7 Å². The number of ether oxygens (including phenoxy) is 1. The van der Waals surface area contributed by atoms with Gasteiger partial charge in [0.2, 0.25) is 5.88 Å². The van der Waals surface area contributed by atoms with Crippen LogP contribution in [0, 0.1) is 12.7 Å². The first-order valence-corrected chi connectivity index (χ1v) is 9.17. The number of Topliss-reactive ketones (excluding diaryl/α,β-unsaturated/α-hetero) is 1. The number of ketones is 1. The Bertz CT molecular complexity index is 1160. The van der Waals surface area contributed by atoms with E-state index in [-0.39, 0.29) is 52.3 Å². The first-order chi connectivity index (χ1) is 14.2. The molecule has 2 heterocycles. The van der Waals surface area contributed by atoms with Crippen LogP contribution >= 0.6 is 0 Å². The topological polar surface area (TPSA) is 127 Å². The number of aryl methyl sites for hydroxylation is 1. The van der Waals surface area contributed by atoms with Crippen LogP contribution < -0.4 is 45.1 Å². The molecule has 0 spiro atoms. The van der Waals surface area contributed by atoms with Gasteiger partial charge in [-0.1, -0.05) is 19.1 Å². The van der Waals surface area contributed by atoms with Crippen LogP contribution in [0.1, 0.15) is 39.8 Å². The quantitative estimate of drug-likeness (QED) is 0.242. The molecule has 3 aromatic rings. The van der Waals surface area contributed by atoms with Crippen molar-refractivity contribution in [3.8, 4) is 5.88 Å². The number of carboxylic acid groups (broad SMARTS) is 1. The van der Waals surface area contributed by atoms with E-state index in [9.17, 15) is 23.9 Å². The molecule has 156 valence electrons. The van der Waals surface area contributed by atoms with E-state index < -0.39 is 24.3 Å². The maximum atomic E-state index is 13.3. The second-order valence-corrected chi connectivity index (χ2v) is 6.72. The SMILES string of the molecule is CCc1c(C(=O)C(N)=O)c2c(OCC(=O)[O-])nc(C)cn2c1Cc1ccc(F)cc1.[Na+]. The second-order valence-electron chi connectivity index (χ2n) is 6.72. The zero-order chi connectivity index (χ0) is 22.0. The van der Waals surface area contributed by atoms with Gasteiger partial charge in [0.15, 0.2) is 0 Å². The van der Waals surface area contributed by atoms with Crippen molar-refractivity contribution < 1.29 is 58.2 Å². The molecule has 3 rings (SSSR count). The summed E-state index contributed by atoms with van der Waals surface area (Å²) >= 11 is 0. The number of carboxylic acids is 1. The number of carbonyl (C=O) groups excluding carboxylic acids is 3. The number of amides is 1. The third-order valence-electron chi connectivity index (χ3n) is 4.63. The number of halogens is 1. The van der Waals surface area contributed by atoms with Crippen molar-refractivity contribution in [3.63, 3.8) is 0 Å². The third-order valence-corrected chi connectivity index (χ3v) is 4.63. The summed E-state index contributed by atoms with van der Waals surface area (Å²) in [5.74, 6) is -4.05. The summed E-state index contributed by atoms with van der Waals surface area (Å²) in [6.45, 7) is 2.70. The van der Waals surface area contributed by atoms with Gasteiger partial charge >= 0.3 is 29.6 Å². The van der Waals surface area contributed by atoms with Crippen LogP contribution in [0.3, 0.4) is 0 Å². The summed E-state index contributed by atoms with van der Waals surface area (Å²) in [6, 6.07) is 5.89. The predicted molar refractivity (Wildman–Crippen MR) is 103 cm³/mol. The fraction of sp³-hybridized carbons (Fsp3) is 0.238. The minimum absolute atomic E-state index is 0. The molecule has 0 aliphatic carbocycles. The number of hydrogen-bond donors (Lipinski definition) is 1. The number of nitrogens with zero attached hydrogens (tertiary/aromatic N) is 2. The minimum atomic E-state index is -1.46. The van der Waals surface area contributed by atoms with Crippen LogP contribution in [0.5, 0.6) is 5.88 Å². The average molecular weight is 435 g/mol. The molecule has 0 bridgehead atoms. The molecular formula is C21H19FN3NaO5. The molecule has 0 radical (unpaired) electrons. The largest absolute Gasteiger partial charge is 1.00 e. The van der Waals surface area contributed by atoms with Crippen LogP contribution in [0.25, 0.3) is 5.52 Å². The van der Waals surface area contributed by atoms with Crippen molar-refractivity contribution in [1.29, 1.82) is 0 Å². The fourth-order valence-corrected chi connectivity index (χ4v) is 3.43. The number of aliphatic carboxylic acids is 1. The van der Waals surface area contributed by atoms with Gasteiger partial charge in [0.25, 0.3) is 11.7 Å². The molecule has 31 heavy (non-hydrogen) atoms. The number of nitrogens with two attached hydrogens (primary N) is 1. The molecule has 10 heteroatoms. The monoisotopic (exact) mass is 435 g/mol. The second kappa shape index (κ2) is 10.0. The molecule has 0 unspecified atom stereocenters. The summed E-state index contributed by atoms with van der Waals surface area (Å²) in [4.78, 5) is 39.5. The Morgan fingerprint density at radius 2 is 1.87 bits per heavy atom. The Balaban J connectivity index is 0.00000341. The van der Waals surface area contributed by atoms with Gasteiger partial charge in [0, 0.05) is 18.3 Å². The zero-order valence-corrected chi connectivity index (χ0v) is 19.4. The van der Waals surface area contributed by atoms with Crippen LogP contribution in [-0.2, 0) is 22.4 Å². The first-order valence-electron chi connectivity index (χ1n) is 9.17. The van der Waals surface area contributed by atoms with Gasteiger partial charge in [-0.2, -0.15) is 0 Å². The molecule has 0 saturated heterocycles. The number of hydrogen-bond acceptors (Lipinski definition) is 6. The maximum absolute atomic E-state index is 13.3. The fourth-order valence-electron chi connectivity index (χ4n) is 3.43. The van der Waals surface area contributed by atoms with Crippen molar-refractivity contribution in [2.24, 2.45) is 5.73 Å². The van der Waals surface area contributed by atoms with Crippen molar-refractivity contribution in [2.75, 3.05) is 6.61 Å². The molecule has 0 atom stereocenters. The molecule has 2 aromatic heterocycles. The van der Waals surface area contributed by atoms with E-state index in [0.717, 1.165) is 5.56 Å². The van der Waals surface area contributed by atoms with Gasteiger partial charge in [-0.15, -0.1) is 0 Å². The van der Waals surface area contributed by atoms with Crippen molar-refractivity contribution in [3.05, 3.63) is 64.4 Å². The molecule has 0 aliphatic rings. The van der Waals surface area contributed by atoms with Gasteiger partial charge < -0.3 is 24.8 Å². The van der Waals surface area contributed by atoms with Gasteiger partial charge in [-0.25, -0.2) is 9.37 Å². The molecule has 0 aliphatic heterocycles. The Labute approximate surface area is 199 Å². The summed E-state index contributed by atoms with van der Waals surface area (Å²) in [7, 11) is 0. The van der Waals surface area contributed by atoms with Crippen LogP contribution in [0.2, 0.25) is 0 Å². The minimum Gasteiger partial charge on any atom is -0.546 e. The first kappa shape index (κ1) is 24.5. The van der Waals surface area contributed by atoms with Gasteiger partial charge in [-0.3, -0.25) is 9.59 Å². The Hall–Kier alpha value is -2.75. The molecule has 2 N–H and O–H groups in total. The normalized spacial score (nSPS) is 10.5. The average Bonchev–Trinajstić information content (AvgIpc) is 3.00. The van der Waals surface area contributed by atoms with E-state index >= 15 is 0 Å². The summed E-state index contributed by atoms with van der Waals surface area (Å²) in [5.41, 5.74) is 7.90. The maximum Gasteiger partial charge on any atom is 1.00 e.